The van der Waals surface area contributed by atoms with Gasteiger partial charge in [-0.15, -0.1) is 11.3 Å². The maximum Gasteiger partial charge on any atom is 0.264 e. The molecule has 0 N–H and O–H groups in total. The van der Waals surface area contributed by atoms with Gasteiger partial charge in [-0.1, -0.05) is 18.7 Å². The first-order valence-corrected chi connectivity index (χ1v) is 8.61. The molecule has 4 nitrogen and oxygen atoms in total. The van der Waals surface area contributed by atoms with Crippen LogP contribution in [0, 0.1) is 11.3 Å². The number of nitrogens with zero attached hydrogens (tertiary/aromatic N) is 3. The number of rotatable bonds is 3. The zero-order valence-electron chi connectivity index (χ0n) is 11.3. The standard InChI is InChI=1S/C14H15N3OS2/c1-2-19-14-16-12-11(13(18)17(14)8-7-15)9-5-3-4-6-10(9)20-12/h2-6,8H2,1H3. The highest BCUT2D eigenvalue weighted by Gasteiger charge is 2.21. The lowest BCUT2D eigenvalue weighted by Gasteiger charge is -2.11. The van der Waals surface area contributed by atoms with Crippen LogP contribution in [0.5, 0.6) is 0 Å². The Morgan fingerprint density at radius 3 is 3.00 bits per heavy atom. The molecule has 0 aliphatic heterocycles. The van der Waals surface area contributed by atoms with Crippen LogP contribution in [0.15, 0.2) is 9.95 Å². The third-order valence-electron chi connectivity index (χ3n) is 3.54. The summed E-state index contributed by atoms with van der Waals surface area (Å²) >= 11 is 3.18. The van der Waals surface area contributed by atoms with Crippen LogP contribution in [0.3, 0.4) is 0 Å². The van der Waals surface area contributed by atoms with Crippen molar-refractivity contribution < 1.29 is 0 Å². The van der Waals surface area contributed by atoms with Crippen molar-refractivity contribution in [3.8, 4) is 6.07 Å². The summed E-state index contributed by atoms with van der Waals surface area (Å²) in [6, 6.07) is 2.07. The smallest absolute Gasteiger partial charge is 0.264 e. The van der Waals surface area contributed by atoms with E-state index in [1.807, 2.05) is 6.92 Å². The van der Waals surface area contributed by atoms with Crippen LogP contribution in [-0.4, -0.2) is 15.3 Å². The average Bonchev–Trinajstić information content (AvgIpc) is 2.81. The second-order valence-electron chi connectivity index (χ2n) is 4.77. The minimum absolute atomic E-state index is 0.0353. The van der Waals surface area contributed by atoms with Gasteiger partial charge in [0.25, 0.3) is 5.56 Å². The predicted octanol–water partition coefficient (Wildman–Crippen LogP) is 2.97. The first-order valence-electron chi connectivity index (χ1n) is 6.81. The zero-order valence-corrected chi connectivity index (χ0v) is 12.9. The number of thioether (sulfide) groups is 1. The monoisotopic (exact) mass is 305 g/mol. The lowest BCUT2D eigenvalue weighted by atomic mass is 9.97. The fourth-order valence-corrected chi connectivity index (χ4v) is 4.70. The van der Waals surface area contributed by atoms with Gasteiger partial charge in [-0.05, 0) is 37.0 Å². The van der Waals surface area contributed by atoms with Gasteiger partial charge >= 0.3 is 0 Å². The average molecular weight is 305 g/mol. The molecule has 2 heterocycles. The highest BCUT2D eigenvalue weighted by molar-refractivity contribution is 7.99. The highest BCUT2D eigenvalue weighted by atomic mass is 32.2. The number of fused-ring (bicyclic) bond motifs is 3. The molecule has 0 saturated heterocycles. The Morgan fingerprint density at radius 1 is 1.45 bits per heavy atom. The van der Waals surface area contributed by atoms with Crippen molar-refractivity contribution in [1.82, 2.24) is 9.55 Å². The first kappa shape index (κ1) is 13.7. The Morgan fingerprint density at radius 2 is 2.25 bits per heavy atom. The van der Waals surface area contributed by atoms with Gasteiger partial charge in [0.2, 0.25) is 0 Å². The fourth-order valence-electron chi connectivity index (χ4n) is 2.67. The molecule has 20 heavy (non-hydrogen) atoms. The van der Waals surface area contributed by atoms with Gasteiger partial charge in [0.1, 0.15) is 11.4 Å². The molecule has 0 spiro atoms. The summed E-state index contributed by atoms with van der Waals surface area (Å²) in [5, 5.41) is 10.4. The Labute approximate surface area is 125 Å². The molecule has 0 saturated carbocycles. The second kappa shape index (κ2) is 5.58. The van der Waals surface area contributed by atoms with E-state index in [9.17, 15) is 4.79 Å². The van der Waals surface area contributed by atoms with E-state index < -0.39 is 0 Å². The molecule has 0 bridgehead atoms. The molecule has 0 aromatic carbocycles. The van der Waals surface area contributed by atoms with E-state index in [2.05, 4.69) is 11.1 Å². The van der Waals surface area contributed by atoms with Crippen LogP contribution in [0.4, 0.5) is 0 Å². The zero-order chi connectivity index (χ0) is 14.1. The van der Waals surface area contributed by atoms with Gasteiger partial charge in [-0.25, -0.2) is 4.98 Å². The summed E-state index contributed by atoms with van der Waals surface area (Å²) in [4.78, 5) is 19.5. The molecule has 0 radical (unpaired) electrons. The molecule has 2 aromatic heterocycles. The molecule has 0 amide bonds. The van der Waals surface area contributed by atoms with Crippen LogP contribution < -0.4 is 5.56 Å². The summed E-state index contributed by atoms with van der Waals surface area (Å²) in [6.07, 6.45) is 4.37. The number of aryl methyl sites for hydroxylation is 2. The molecule has 0 fully saturated rings. The number of hydrogen-bond donors (Lipinski definition) is 0. The Kier molecular flexibility index (Phi) is 3.81. The molecule has 6 heteroatoms. The van der Waals surface area contributed by atoms with Gasteiger partial charge in [0.15, 0.2) is 5.16 Å². The van der Waals surface area contributed by atoms with Gasteiger partial charge < -0.3 is 0 Å². The van der Waals surface area contributed by atoms with Crippen molar-refractivity contribution in [2.75, 3.05) is 5.75 Å². The van der Waals surface area contributed by atoms with E-state index in [0.29, 0.717) is 5.16 Å². The highest BCUT2D eigenvalue weighted by Crippen LogP contribution is 2.34. The van der Waals surface area contributed by atoms with Crippen molar-refractivity contribution in [3.05, 3.63) is 20.8 Å². The molecule has 1 aliphatic carbocycles. The van der Waals surface area contributed by atoms with E-state index >= 15 is 0 Å². The Hall–Kier alpha value is -1.32. The quantitative estimate of drug-likeness (QED) is 0.646. The normalized spacial score (nSPS) is 14.2. The third kappa shape index (κ3) is 2.15. The number of nitriles is 1. The first-order chi connectivity index (χ1) is 9.76. The van der Waals surface area contributed by atoms with Crippen molar-refractivity contribution in [3.63, 3.8) is 0 Å². The van der Waals surface area contributed by atoms with Crippen molar-refractivity contribution in [1.29, 1.82) is 5.26 Å². The SMILES string of the molecule is CCSc1nc2sc3c(c2c(=O)n1CC#N)CCCC3. The molecular weight excluding hydrogens is 290 g/mol. The predicted molar refractivity (Wildman–Crippen MR) is 82.5 cm³/mol. The maximum atomic E-state index is 12.7. The van der Waals surface area contributed by atoms with E-state index in [-0.39, 0.29) is 12.1 Å². The largest absolute Gasteiger partial charge is 0.273 e. The van der Waals surface area contributed by atoms with Crippen LogP contribution >= 0.6 is 23.1 Å². The summed E-state index contributed by atoms with van der Waals surface area (Å²) < 4.78 is 1.53. The second-order valence-corrected chi connectivity index (χ2v) is 7.08. The van der Waals surface area contributed by atoms with Gasteiger partial charge in [-0.3, -0.25) is 9.36 Å². The minimum atomic E-state index is -0.0353. The van der Waals surface area contributed by atoms with Gasteiger partial charge in [-0.2, -0.15) is 5.26 Å². The topological polar surface area (TPSA) is 58.7 Å². The van der Waals surface area contributed by atoms with Gasteiger partial charge in [0.05, 0.1) is 11.5 Å². The molecule has 0 atom stereocenters. The molecule has 0 unspecified atom stereocenters. The van der Waals surface area contributed by atoms with E-state index in [1.54, 1.807) is 11.3 Å². The summed E-state index contributed by atoms with van der Waals surface area (Å²) in [6.45, 7) is 2.10. The molecular formula is C14H15N3OS2. The minimum Gasteiger partial charge on any atom is -0.273 e. The van der Waals surface area contributed by atoms with Gasteiger partial charge in [0, 0.05) is 4.88 Å². The molecule has 3 rings (SSSR count). The van der Waals surface area contributed by atoms with E-state index in [1.165, 1.54) is 33.2 Å². The molecule has 104 valence electrons. The summed E-state index contributed by atoms with van der Waals surface area (Å²) in [5.74, 6) is 0.842. The van der Waals surface area contributed by atoms with E-state index in [0.717, 1.165) is 35.2 Å². The summed E-state index contributed by atoms with van der Waals surface area (Å²) in [5.41, 5.74) is 1.15. The third-order valence-corrected chi connectivity index (χ3v) is 5.59. The van der Waals surface area contributed by atoms with Crippen molar-refractivity contribution >= 4 is 33.3 Å². The van der Waals surface area contributed by atoms with Crippen LogP contribution in [0.25, 0.3) is 10.2 Å². The lowest BCUT2D eigenvalue weighted by Crippen LogP contribution is -2.23. The number of aromatic nitrogens is 2. The van der Waals surface area contributed by atoms with E-state index in [4.69, 9.17) is 5.26 Å². The van der Waals surface area contributed by atoms with Crippen molar-refractivity contribution in [2.45, 2.75) is 44.3 Å². The molecule has 1 aliphatic rings. The van der Waals surface area contributed by atoms with Crippen LogP contribution in [0.1, 0.15) is 30.2 Å². The fraction of sp³-hybridized carbons (Fsp3) is 0.500. The van der Waals surface area contributed by atoms with Crippen LogP contribution in [0.2, 0.25) is 0 Å². The van der Waals surface area contributed by atoms with Crippen molar-refractivity contribution in [2.24, 2.45) is 0 Å². The molecule has 2 aromatic rings. The number of hydrogen-bond acceptors (Lipinski definition) is 5. The summed E-state index contributed by atoms with van der Waals surface area (Å²) in [7, 11) is 0. The lowest BCUT2D eigenvalue weighted by molar-refractivity contribution is 0.673. The Bertz CT molecular complexity index is 754. The maximum absolute atomic E-state index is 12.7. The van der Waals surface area contributed by atoms with Crippen LogP contribution in [-0.2, 0) is 19.4 Å². The Balaban J connectivity index is 2.30. The number of thiophene rings is 1.